The summed E-state index contributed by atoms with van der Waals surface area (Å²) in [6.07, 6.45) is 5.12. The Morgan fingerprint density at radius 1 is 0.889 bits per heavy atom. The van der Waals surface area contributed by atoms with E-state index in [4.69, 9.17) is 16.3 Å². The van der Waals surface area contributed by atoms with E-state index in [1.807, 2.05) is 84.9 Å². The van der Waals surface area contributed by atoms with Crippen molar-refractivity contribution in [3.63, 3.8) is 0 Å². The van der Waals surface area contributed by atoms with Gasteiger partial charge in [0.1, 0.15) is 6.10 Å². The third-order valence-corrected chi connectivity index (χ3v) is 4.45. The normalized spacial score (nSPS) is 12.0. The van der Waals surface area contributed by atoms with Crippen LogP contribution in [0.15, 0.2) is 91.0 Å². The summed E-state index contributed by atoms with van der Waals surface area (Å²) in [7, 11) is 0. The number of benzene rings is 3. The summed E-state index contributed by atoms with van der Waals surface area (Å²) in [5.41, 5.74) is 2.79. The number of esters is 1. The molecule has 0 saturated heterocycles. The van der Waals surface area contributed by atoms with Gasteiger partial charge in [-0.3, -0.25) is 0 Å². The first-order valence-corrected chi connectivity index (χ1v) is 9.32. The van der Waals surface area contributed by atoms with Crippen molar-refractivity contribution in [2.45, 2.75) is 18.9 Å². The lowest BCUT2D eigenvalue weighted by Crippen LogP contribution is -2.17. The zero-order chi connectivity index (χ0) is 18.9. The Morgan fingerprint density at radius 3 is 2.19 bits per heavy atom. The molecule has 0 saturated carbocycles. The zero-order valence-corrected chi connectivity index (χ0v) is 15.7. The molecule has 0 spiro atoms. The first kappa shape index (κ1) is 18.9. The monoisotopic (exact) mass is 376 g/mol. The molecule has 0 aliphatic rings. The molecule has 3 aromatic carbocycles. The molecule has 0 N–H and O–H groups in total. The minimum absolute atomic E-state index is 0.311. The average Bonchev–Trinajstić information content (AvgIpc) is 2.72. The van der Waals surface area contributed by atoms with Crippen LogP contribution in [0.4, 0.5) is 0 Å². The number of carbonyl (C=O) groups excluding carboxylic acids is 1. The van der Waals surface area contributed by atoms with Crippen LogP contribution in [-0.4, -0.2) is 12.1 Å². The van der Waals surface area contributed by atoms with Gasteiger partial charge in [0.25, 0.3) is 0 Å². The first-order valence-electron chi connectivity index (χ1n) is 8.94. The van der Waals surface area contributed by atoms with Crippen molar-refractivity contribution in [1.82, 2.24) is 0 Å². The number of hydrogen-bond donors (Lipinski definition) is 0. The molecule has 0 fully saturated rings. The topological polar surface area (TPSA) is 26.3 Å². The van der Waals surface area contributed by atoms with Crippen molar-refractivity contribution in [3.8, 4) is 0 Å². The molecule has 3 heteroatoms. The van der Waals surface area contributed by atoms with Crippen LogP contribution in [0.3, 0.4) is 0 Å². The highest BCUT2D eigenvalue weighted by molar-refractivity contribution is 6.30. The Bertz CT molecular complexity index is 871. The third kappa shape index (κ3) is 6.12. The van der Waals surface area contributed by atoms with E-state index in [0.29, 0.717) is 12.0 Å². The van der Waals surface area contributed by atoms with Gasteiger partial charge in [-0.2, -0.15) is 0 Å². The molecule has 0 aliphatic carbocycles. The second kappa shape index (κ2) is 9.75. The Kier molecular flexibility index (Phi) is 6.84. The van der Waals surface area contributed by atoms with Gasteiger partial charge in [0.05, 0.1) is 5.56 Å². The Morgan fingerprint density at radius 2 is 1.52 bits per heavy atom. The van der Waals surface area contributed by atoms with Crippen molar-refractivity contribution < 1.29 is 9.53 Å². The smallest absolute Gasteiger partial charge is 0.338 e. The predicted molar refractivity (Wildman–Crippen MR) is 111 cm³/mol. The van der Waals surface area contributed by atoms with Gasteiger partial charge in [0.15, 0.2) is 0 Å². The van der Waals surface area contributed by atoms with E-state index in [1.54, 1.807) is 12.1 Å². The molecular weight excluding hydrogens is 356 g/mol. The summed E-state index contributed by atoms with van der Waals surface area (Å²) in [4.78, 5) is 12.4. The van der Waals surface area contributed by atoms with Crippen molar-refractivity contribution in [1.29, 1.82) is 0 Å². The van der Waals surface area contributed by atoms with Crippen LogP contribution in [0.2, 0.25) is 5.02 Å². The van der Waals surface area contributed by atoms with Crippen LogP contribution in [0.25, 0.3) is 6.08 Å². The molecule has 0 radical (unpaired) electrons. The Hall–Kier alpha value is -2.84. The SMILES string of the molecule is O=C(O[C@@H](/C=C/c1ccccc1)CCc1ccc(Cl)cc1)c1ccccc1. The summed E-state index contributed by atoms with van der Waals surface area (Å²) >= 11 is 5.95. The maximum absolute atomic E-state index is 12.4. The average molecular weight is 377 g/mol. The van der Waals surface area contributed by atoms with Gasteiger partial charge < -0.3 is 4.74 Å². The fourth-order valence-electron chi connectivity index (χ4n) is 2.72. The number of rotatable bonds is 7. The minimum Gasteiger partial charge on any atom is -0.455 e. The molecule has 0 amide bonds. The predicted octanol–water partition coefficient (Wildman–Crippen LogP) is 6.21. The number of ether oxygens (including phenoxy) is 1. The fourth-order valence-corrected chi connectivity index (χ4v) is 2.84. The van der Waals surface area contributed by atoms with Crippen LogP contribution in [0.5, 0.6) is 0 Å². The van der Waals surface area contributed by atoms with Crippen LogP contribution >= 0.6 is 11.6 Å². The van der Waals surface area contributed by atoms with Gasteiger partial charge in [0.2, 0.25) is 0 Å². The van der Waals surface area contributed by atoms with Gasteiger partial charge >= 0.3 is 5.97 Å². The molecule has 2 nitrogen and oxygen atoms in total. The molecule has 1 atom stereocenters. The molecule has 0 bridgehead atoms. The minimum atomic E-state index is -0.311. The maximum Gasteiger partial charge on any atom is 0.338 e. The highest BCUT2D eigenvalue weighted by Gasteiger charge is 2.13. The quantitative estimate of drug-likeness (QED) is 0.458. The van der Waals surface area contributed by atoms with E-state index in [0.717, 1.165) is 22.6 Å². The van der Waals surface area contributed by atoms with E-state index in [-0.39, 0.29) is 12.1 Å². The van der Waals surface area contributed by atoms with E-state index in [1.165, 1.54) is 0 Å². The number of hydrogen-bond acceptors (Lipinski definition) is 2. The number of aryl methyl sites for hydroxylation is 1. The van der Waals surface area contributed by atoms with Crippen LogP contribution in [0.1, 0.15) is 27.9 Å². The second-order valence-electron chi connectivity index (χ2n) is 6.24. The fraction of sp³-hybridized carbons (Fsp3) is 0.125. The third-order valence-electron chi connectivity index (χ3n) is 4.20. The second-order valence-corrected chi connectivity index (χ2v) is 6.68. The van der Waals surface area contributed by atoms with Gasteiger partial charge in [-0.05, 0) is 54.3 Å². The Balaban J connectivity index is 1.70. The molecule has 27 heavy (non-hydrogen) atoms. The van der Waals surface area contributed by atoms with Crippen molar-refractivity contribution in [2.75, 3.05) is 0 Å². The molecule has 3 rings (SSSR count). The standard InChI is InChI=1S/C24H21ClO2/c25-22-15-11-20(12-16-22)14-18-23(17-13-19-7-3-1-4-8-19)27-24(26)21-9-5-2-6-10-21/h1-13,15-17,23H,14,18H2/b17-13+/t23-/m0/s1. The molecular formula is C24H21ClO2. The van der Waals surface area contributed by atoms with Gasteiger partial charge in [-0.1, -0.05) is 78.3 Å². The van der Waals surface area contributed by atoms with Crippen molar-refractivity contribution in [2.24, 2.45) is 0 Å². The van der Waals surface area contributed by atoms with Gasteiger partial charge in [0, 0.05) is 5.02 Å². The molecule has 0 heterocycles. The van der Waals surface area contributed by atoms with Crippen LogP contribution in [-0.2, 0) is 11.2 Å². The number of halogens is 1. The van der Waals surface area contributed by atoms with E-state index in [9.17, 15) is 4.79 Å². The van der Waals surface area contributed by atoms with Crippen molar-refractivity contribution >= 4 is 23.6 Å². The molecule has 0 aliphatic heterocycles. The van der Waals surface area contributed by atoms with Crippen LogP contribution < -0.4 is 0 Å². The molecule has 0 aromatic heterocycles. The molecule has 136 valence electrons. The summed E-state index contributed by atoms with van der Waals surface area (Å²) in [6, 6.07) is 26.8. The Labute approximate surface area is 165 Å². The van der Waals surface area contributed by atoms with Gasteiger partial charge in [-0.15, -0.1) is 0 Å². The lowest BCUT2D eigenvalue weighted by Gasteiger charge is -2.15. The summed E-state index contributed by atoms with van der Waals surface area (Å²) in [6.45, 7) is 0. The zero-order valence-electron chi connectivity index (χ0n) is 14.9. The lowest BCUT2D eigenvalue weighted by molar-refractivity contribution is 0.0382. The highest BCUT2D eigenvalue weighted by atomic mass is 35.5. The summed E-state index contributed by atoms with van der Waals surface area (Å²) < 4.78 is 5.75. The molecule has 3 aromatic rings. The highest BCUT2D eigenvalue weighted by Crippen LogP contribution is 2.15. The van der Waals surface area contributed by atoms with E-state index >= 15 is 0 Å². The largest absolute Gasteiger partial charge is 0.455 e. The van der Waals surface area contributed by atoms with Crippen molar-refractivity contribution in [3.05, 3.63) is 113 Å². The number of carbonyl (C=O) groups is 1. The van der Waals surface area contributed by atoms with E-state index < -0.39 is 0 Å². The van der Waals surface area contributed by atoms with E-state index in [2.05, 4.69) is 0 Å². The summed E-state index contributed by atoms with van der Waals surface area (Å²) in [5.74, 6) is -0.311. The summed E-state index contributed by atoms with van der Waals surface area (Å²) in [5, 5.41) is 0.717. The molecule has 0 unspecified atom stereocenters. The van der Waals surface area contributed by atoms with Gasteiger partial charge in [-0.25, -0.2) is 4.79 Å². The first-order chi connectivity index (χ1) is 13.2. The maximum atomic E-state index is 12.4. The van der Waals surface area contributed by atoms with Crippen LogP contribution in [0, 0.1) is 0 Å². The lowest BCUT2D eigenvalue weighted by atomic mass is 10.1.